The molecule has 0 atom stereocenters. The summed E-state index contributed by atoms with van der Waals surface area (Å²) in [5.74, 6) is 0.704. The van der Waals surface area contributed by atoms with Gasteiger partial charge in [0.05, 0.1) is 9.90 Å². The lowest BCUT2D eigenvalue weighted by molar-refractivity contribution is 0.581. The van der Waals surface area contributed by atoms with Crippen molar-refractivity contribution >= 4 is 27.3 Å². The average molecular weight is 408 g/mol. The normalized spacial score (nSPS) is 15.0. The molecule has 2 aromatic rings. The van der Waals surface area contributed by atoms with Gasteiger partial charge in [0.25, 0.3) is 0 Å². The van der Waals surface area contributed by atoms with E-state index in [1.165, 1.54) is 4.88 Å². The first-order valence-corrected chi connectivity index (χ1v) is 11.2. The number of hydrogen-bond acceptors (Lipinski definition) is 5. The minimum Gasteiger partial charge on any atom is -0.356 e. The van der Waals surface area contributed by atoms with Crippen molar-refractivity contribution in [3.8, 4) is 0 Å². The van der Waals surface area contributed by atoms with Crippen LogP contribution in [-0.2, 0) is 23.0 Å². The van der Waals surface area contributed by atoms with Gasteiger partial charge in [-0.15, -0.1) is 11.3 Å². The monoisotopic (exact) mass is 407 g/mol. The van der Waals surface area contributed by atoms with E-state index in [1.54, 1.807) is 30.5 Å². The van der Waals surface area contributed by atoms with Crippen LogP contribution >= 0.6 is 11.3 Å². The number of hydrogen-bond donors (Lipinski definition) is 3. The fourth-order valence-electron chi connectivity index (χ4n) is 2.49. The molecule has 7 nitrogen and oxygen atoms in total. The number of thiazole rings is 1. The minimum absolute atomic E-state index is 0.110. The topological polar surface area (TPSA) is 95.5 Å². The van der Waals surface area contributed by atoms with Gasteiger partial charge in [0.2, 0.25) is 10.0 Å². The van der Waals surface area contributed by atoms with Gasteiger partial charge in [0.15, 0.2) is 5.96 Å². The predicted molar refractivity (Wildman–Crippen MR) is 109 cm³/mol. The molecule has 0 saturated heterocycles. The molecule has 1 saturated carbocycles. The Morgan fingerprint density at radius 1 is 1.26 bits per heavy atom. The third-order valence-electron chi connectivity index (χ3n) is 4.12. The van der Waals surface area contributed by atoms with Crippen LogP contribution in [-0.4, -0.2) is 39.0 Å². The molecular weight excluding hydrogens is 382 g/mol. The SMILES string of the molecule is CN=C(NCCc1ncc(C)s1)NCc1ccc(S(=O)(=O)NC2CC2)cc1. The Kier molecular flexibility index (Phi) is 6.46. The average Bonchev–Trinajstić information content (AvgIpc) is 3.36. The third kappa shape index (κ3) is 6.02. The summed E-state index contributed by atoms with van der Waals surface area (Å²) < 4.78 is 27.1. The first-order valence-electron chi connectivity index (χ1n) is 8.93. The van der Waals surface area contributed by atoms with Crippen molar-refractivity contribution in [2.45, 2.75) is 43.7 Å². The van der Waals surface area contributed by atoms with Crippen LogP contribution in [0.15, 0.2) is 40.4 Å². The largest absolute Gasteiger partial charge is 0.356 e. The Morgan fingerprint density at radius 3 is 2.59 bits per heavy atom. The number of guanidine groups is 1. The quantitative estimate of drug-likeness (QED) is 0.458. The van der Waals surface area contributed by atoms with Crippen LogP contribution in [0.3, 0.4) is 0 Å². The lowest BCUT2D eigenvalue weighted by atomic mass is 10.2. The maximum atomic E-state index is 12.2. The summed E-state index contributed by atoms with van der Waals surface area (Å²) in [6.07, 6.45) is 4.59. The van der Waals surface area contributed by atoms with Crippen molar-refractivity contribution in [3.05, 3.63) is 45.9 Å². The number of nitrogens with zero attached hydrogens (tertiary/aromatic N) is 2. The summed E-state index contributed by atoms with van der Waals surface area (Å²) >= 11 is 1.70. The van der Waals surface area contributed by atoms with Gasteiger partial charge in [-0.25, -0.2) is 18.1 Å². The van der Waals surface area contributed by atoms with Crippen molar-refractivity contribution in [1.82, 2.24) is 20.3 Å². The second-order valence-electron chi connectivity index (χ2n) is 6.51. The van der Waals surface area contributed by atoms with E-state index in [9.17, 15) is 8.42 Å². The summed E-state index contributed by atoms with van der Waals surface area (Å²) in [6, 6.07) is 7.03. The molecule has 0 radical (unpaired) electrons. The van der Waals surface area contributed by atoms with E-state index in [0.29, 0.717) is 17.4 Å². The Morgan fingerprint density at radius 2 is 2.00 bits per heavy atom. The molecule has 1 aliphatic rings. The molecule has 0 bridgehead atoms. The van der Waals surface area contributed by atoms with Crippen molar-refractivity contribution in [2.75, 3.05) is 13.6 Å². The zero-order chi connectivity index (χ0) is 19.3. The van der Waals surface area contributed by atoms with E-state index in [-0.39, 0.29) is 6.04 Å². The summed E-state index contributed by atoms with van der Waals surface area (Å²) in [5.41, 5.74) is 0.985. The third-order valence-corrected chi connectivity index (χ3v) is 6.63. The number of aliphatic imine (C=N–C) groups is 1. The van der Waals surface area contributed by atoms with Crippen molar-refractivity contribution < 1.29 is 8.42 Å². The van der Waals surface area contributed by atoms with Crippen molar-refractivity contribution in [3.63, 3.8) is 0 Å². The first kappa shape index (κ1) is 19.8. The summed E-state index contributed by atoms with van der Waals surface area (Å²) in [4.78, 5) is 10.1. The molecule has 1 aromatic heterocycles. The molecule has 0 unspecified atom stereocenters. The van der Waals surface area contributed by atoms with Gasteiger partial charge in [-0.1, -0.05) is 12.1 Å². The number of benzene rings is 1. The zero-order valence-electron chi connectivity index (χ0n) is 15.5. The number of aromatic nitrogens is 1. The van der Waals surface area contributed by atoms with E-state index < -0.39 is 10.0 Å². The van der Waals surface area contributed by atoms with E-state index >= 15 is 0 Å². The zero-order valence-corrected chi connectivity index (χ0v) is 17.2. The van der Waals surface area contributed by atoms with Crippen LogP contribution in [0, 0.1) is 6.92 Å². The van der Waals surface area contributed by atoms with Gasteiger partial charge in [0.1, 0.15) is 0 Å². The molecule has 3 rings (SSSR count). The van der Waals surface area contributed by atoms with Gasteiger partial charge in [-0.3, -0.25) is 4.99 Å². The Bertz CT molecular complexity index is 887. The Balaban J connectivity index is 1.46. The van der Waals surface area contributed by atoms with Crippen molar-refractivity contribution in [1.29, 1.82) is 0 Å². The molecule has 1 heterocycles. The van der Waals surface area contributed by atoms with Crippen LogP contribution in [0.1, 0.15) is 28.3 Å². The maximum absolute atomic E-state index is 12.2. The van der Waals surface area contributed by atoms with E-state index in [2.05, 4.69) is 25.3 Å². The molecule has 3 N–H and O–H groups in total. The minimum atomic E-state index is -3.40. The lowest BCUT2D eigenvalue weighted by Crippen LogP contribution is -2.37. The summed E-state index contributed by atoms with van der Waals surface area (Å²) in [5, 5.41) is 7.60. The van der Waals surface area contributed by atoms with Gasteiger partial charge < -0.3 is 10.6 Å². The first-order chi connectivity index (χ1) is 13.0. The molecule has 1 aliphatic carbocycles. The van der Waals surface area contributed by atoms with Gasteiger partial charge in [-0.2, -0.15) is 0 Å². The fraction of sp³-hybridized carbons (Fsp3) is 0.444. The molecule has 0 spiro atoms. The molecule has 1 fully saturated rings. The number of nitrogens with one attached hydrogen (secondary N) is 3. The van der Waals surface area contributed by atoms with Gasteiger partial charge in [0, 0.05) is 43.7 Å². The Hall–Kier alpha value is -1.97. The van der Waals surface area contributed by atoms with Gasteiger partial charge in [-0.05, 0) is 37.5 Å². The molecule has 0 amide bonds. The highest BCUT2D eigenvalue weighted by Crippen LogP contribution is 2.22. The highest BCUT2D eigenvalue weighted by Gasteiger charge is 2.27. The standard InChI is InChI=1S/C18H25N5O2S2/c1-13-11-21-17(26-13)9-10-20-18(19-2)22-12-14-3-7-16(8-4-14)27(24,25)23-15-5-6-15/h3-4,7-8,11,15,23H,5-6,9-10,12H2,1-2H3,(H2,19,20,22). The lowest BCUT2D eigenvalue weighted by Gasteiger charge is -2.12. The summed E-state index contributed by atoms with van der Waals surface area (Å²) in [7, 11) is -1.67. The fourth-order valence-corrected chi connectivity index (χ4v) is 4.58. The molecule has 27 heavy (non-hydrogen) atoms. The van der Waals surface area contributed by atoms with Gasteiger partial charge >= 0.3 is 0 Å². The maximum Gasteiger partial charge on any atom is 0.240 e. The number of rotatable bonds is 8. The second-order valence-corrected chi connectivity index (χ2v) is 9.54. The van der Waals surface area contributed by atoms with E-state index in [1.807, 2.05) is 25.3 Å². The van der Waals surface area contributed by atoms with Crippen LogP contribution < -0.4 is 15.4 Å². The summed E-state index contributed by atoms with van der Waals surface area (Å²) in [6.45, 7) is 3.36. The molecule has 0 aliphatic heterocycles. The Labute approximate surface area is 164 Å². The van der Waals surface area contributed by atoms with E-state index in [0.717, 1.165) is 36.4 Å². The van der Waals surface area contributed by atoms with Crippen LogP contribution in [0.5, 0.6) is 0 Å². The number of sulfonamides is 1. The highest BCUT2D eigenvalue weighted by molar-refractivity contribution is 7.89. The van der Waals surface area contributed by atoms with Crippen LogP contribution in [0.4, 0.5) is 0 Å². The predicted octanol–water partition coefficient (Wildman–Crippen LogP) is 1.80. The van der Waals surface area contributed by atoms with Crippen molar-refractivity contribution in [2.24, 2.45) is 4.99 Å². The van der Waals surface area contributed by atoms with Crippen LogP contribution in [0.2, 0.25) is 0 Å². The molecular formula is C18H25N5O2S2. The van der Waals surface area contributed by atoms with Crippen LogP contribution in [0.25, 0.3) is 0 Å². The second kappa shape index (κ2) is 8.81. The molecule has 1 aromatic carbocycles. The molecule has 146 valence electrons. The molecule has 9 heteroatoms. The van der Waals surface area contributed by atoms with E-state index in [4.69, 9.17) is 0 Å². The smallest absolute Gasteiger partial charge is 0.240 e. The highest BCUT2D eigenvalue weighted by atomic mass is 32.2. The number of aryl methyl sites for hydroxylation is 1.